The number of esters is 2. The van der Waals surface area contributed by atoms with Gasteiger partial charge in [-0.2, -0.15) is 0 Å². The summed E-state index contributed by atoms with van der Waals surface area (Å²) >= 11 is 2.06. The van der Waals surface area contributed by atoms with Gasteiger partial charge < -0.3 is 14.2 Å². The molecule has 1 aromatic rings. The Labute approximate surface area is 131 Å². The lowest BCUT2D eigenvalue weighted by Gasteiger charge is -2.16. The Kier molecular flexibility index (Phi) is 6.77. The Morgan fingerprint density at radius 3 is 2.15 bits per heavy atom. The van der Waals surface area contributed by atoms with Crippen molar-refractivity contribution in [3.63, 3.8) is 0 Å². The highest BCUT2D eigenvalue weighted by Gasteiger charge is 2.33. The molecule has 0 bridgehead atoms. The van der Waals surface area contributed by atoms with Crippen LogP contribution in [-0.2, 0) is 19.1 Å². The van der Waals surface area contributed by atoms with Crippen LogP contribution in [0.3, 0.4) is 0 Å². The van der Waals surface area contributed by atoms with E-state index in [4.69, 9.17) is 14.2 Å². The van der Waals surface area contributed by atoms with Gasteiger partial charge in [-0.15, -0.1) is 0 Å². The fraction of sp³-hybridized carbons (Fsp3) is 0.429. The Morgan fingerprint density at radius 2 is 1.70 bits per heavy atom. The predicted octanol–water partition coefficient (Wildman–Crippen LogP) is 2.51. The SMILES string of the molecule is CCOC(=O)C(C(=O)OCC)c1cc(OC)ccc1I. The maximum Gasteiger partial charge on any atom is 0.324 e. The molecule has 5 nitrogen and oxygen atoms in total. The molecule has 0 saturated carbocycles. The first-order valence-electron chi connectivity index (χ1n) is 6.21. The molecule has 6 heteroatoms. The third-order valence-electron chi connectivity index (χ3n) is 2.56. The Balaban J connectivity index is 3.21. The highest BCUT2D eigenvalue weighted by atomic mass is 127. The average Bonchev–Trinajstić information content (AvgIpc) is 2.42. The van der Waals surface area contributed by atoms with Crippen LogP contribution >= 0.6 is 22.6 Å². The summed E-state index contributed by atoms with van der Waals surface area (Å²) in [6.45, 7) is 3.79. The van der Waals surface area contributed by atoms with Gasteiger partial charge in [0.15, 0.2) is 5.92 Å². The fourth-order valence-electron chi connectivity index (χ4n) is 1.67. The van der Waals surface area contributed by atoms with Gasteiger partial charge in [0, 0.05) is 3.57 Å². The van der Waals surface area contributed by atoms with E-state index in [1.165, 1.54) is 7.11 Å². The molecular formula is C14H17IO5. The third kappa shape index (κ3) is 4.09. The molecule has 0 radical (unpaired) electrons. The second-order valence-electron chi connectivity index (χ2n) is 3.82. The van der Waals surface area contributed by atoms with Gasteiger partial charge in [-0.25, -0.2) is 0 Å². The van der Waals surface area contributed by atoms with Gasteiger partial charge in [0.2, 0.25) is 0 Å². The van der Waals surface area contributed by atoms with E-state index in [0.29, 0.717) is 11.3 Å². The second kappa shape index (κ2) is 8.08. The number of halogens is 1. The van der Waals surface area contributed by atoms with Crippen LogP contribution in [0.25, 0.3) is 0 Å². The van der Waals surface area contributed by atoms with Crippen LogP contribution < -0.4 is 4.74 Å². The smallest absolute Gasteiger partial charge is 0.324 e. The van der Waals surface area contributed by atoms with E-state index in [9.17, 15) is 9.59 Å². The largest absolute Gasteiger partial charge is 0.497 e. The van der Waals surface area contributed by atoms with Crippen molar-refractivity contribution in [3.05, 3.63) is 27.3 Å². The molecule has 0 heterocycles. The van der Waals surface area contributed by atoms with Crippen LogP contribution in [0.15, 0.2) is 18.2 Å². The Bertz CT molecular complexity index is 468. The van der Waals surface area contributed by atoms with Crippen LogP contribution in [0.5, 0.6) is 5.75 Å². The van der Waals surface area contributed by atoms with Gasteiger partial charge in [-0.05, 0) is 60.2 Å². The van der Waals surface area contributed by atoms with Crippen molar-refractivity contribution < 1.29 is 23.8 Å². The van der Waals surface area contributed by atoms with Crippen molar-refractivity contribution >= 4 is 34.5 Å². The van der Waals surface area contributed by atoms with E-state index in [0.717, 1.165) is 3.57 Å². The fourth-order valence-corrected chi connectivity index (χ4v) is 2.32. The summed E-state index contributed by atoms with van der Waals surface area (Å²) in [5, 5.41) is 0. The Hall–Kier alpha value is -1.31. The molecule has 0 fully saturated rings. The minimum atomic E-state index is -1.09. The molecule has 1 rings (SSSR count). The summed E-state index contributed by atoms with van der Waals surface area (Å²) in [4.78, 5) is 24.1. The van der Waals surface area contributed by atoms with Crippen molar-refractivity contribution in [1.82, 2.24) is 0 Å². The summed E-state index contributed by atoms with van der Waals surface area (Å²) in [6.07, 6.45) is 0. The standard InChI is InChI=1S/C14H17IO5/c1-4-19-13(16)12(14(17)20-5-2)10-8-9(18-3)6-7-11(10)15/h6-8,12H,4-5H2,1-3H3. The number of methoxy groups -OCH3 is 1. The minimum Gasteiger partial charge on any atom is -0.497 e. The lowest BCUT2D eigenvalue weighted by molar-refractivity contribution is -0.156. The van der Waals surface area contributed by atoms with Crippen LogP contribution in [0.1, 0.15) is 25.3 Å². The number of hydrogen-bond donors (Lipinski definition) is 0. The normalized spacial score (nSPS) is 10.2. The zero-order valence-electron chi connectivity index (χ0n) is 11.6. The minimum absolute atomic E-state index is 0.204. The summed E-state index contributed by atoms with van der Waals surface area (Å²) in [7, 11) is 1.52. The molecule has 0 saturated heterocycles. The molecule has 0 unspecified atom stereocenters. The molecule has 20 heavy (non-hydrogen) atoms. The van der Waals surface area contributed by atoms with Crippen molar-refractivity contribution in [3.8, 4) is 5.75 Å². The lowest BCUT2D eigenvalue weighted by Crippen LogP contribution is -2.27. The molecule has 0 N–H and O–H groups in total. The summed E-state index contributed by atoms with van der Waals surface area (Å²) in [5.74, 6) is -1.75. The number of benzene rings is 1. The van der Waals surface area contributed by atoms with Crippen molar-refractivity contribution in [1.29, 1.82) is 0 Å². The Morgan fingerprint density at radius 1 is 1.15 bits per heavy atom. The van der Waals surface area contributed by atoms with E-state index in [2.05, 4.69) is 22.6 Å². The van der Waals surface area contributed by atoms with Gasteiger partial charge in [0.25, 0.3) is 0 Å². The molecule has 1 aromatic carbocycles. The molecule has 110 valence electrons. The van der Waals surface area contributed by atoms with Crippen molar-refractivity contribution in [2.75, 3.05) is 20.3 Å². The van der Waals surface area contributed by atoms with Crippen LogP contribution in [-0.4, -0.2) is 32.3 Å². The summed E-state index contributed by atoms with van der Waals surface area (Å²) < 4.78 is 15.8. The van der Waals surface area contributed by atoms with E-state index in [1.54, 1.807) is 32.0 Å². The van der Waals surface area contributed by atoms with Gasteiger partial charge in [0.05, 0.1) is 20.3 Å². The van der Waals surface area contributed by atoms with E-state index >= 15 is 0 Å². The number of rotatable bonds is 6. The lowest BCUT2D eigenvalue weighted by atomic mass is 9.99. The molecule has 0 amide bonds. The van der Waals surface area contributed by atoms with Crippen LogP contribution in [0.4, 0.5) is 0 Å². The van der Waals surface area contributed by atoms with E-state index in [1.807, 2.05) is 0 Å². The van der Waals surface area contributed by atoms with Crippen LogP contribution in [0, 0.1) is 3.57 Å². The molecule has 0 aliphatic carbocycles. The second-order valence-corrected chi connectivity index (χ2v) is 4.99. The first-order valence-corrected chi connectivity index (χ1v) is 7.29. The zero-order valence-corrected chi connectivity index (χ0v) is 13.8. The van der Waals surface area contributed by atoms with E-state index in [-0.39, 0.29) is 13.2 Å². The molecule has 0 aromatic heterocycles. The van der Waals surface area contributed by atoms with Gasteiger partial charge in [-0.1, -0.05) is 0 Å². The maximum atomic E-state index is 12.0. The van der Waals surface area contributed by atoms with Gasteiger partial charge >= 0.3 is 11.9 Å². The summed E-state index contributed by atoms with van der Waals surface area (Å²) in [5.41, 5.74) is 0.529. The third-order valence-corrected chi connectivity index (χ3v) is 3.54. The molecule has 0 atom stereocenters. The maximum absolute atomic E-state index is 12.0. The first-order chi connectivity index (χ1) is 9.54. The topological polar surface area (TPSA) is 61.8 Å². The molecule has 0 aliphatic heterocycles. The van der Waals surface area contributed by atoms with Crippen LogP contribution in [0.2, 0.25) is 0 Å². The highest BCUT2D eigenvalue weighted by molar-refractivity contribution is 14.1. The van der Waals surface area contributed by atoms with E-state index < -0.39 is 17.9 Å². The monoisotopic (exact) mass is 392 g/mol. The average molecular weight is 392 g/mol. The first kappa shape index (κ1) is 16.7. The highest BCUT2D eigenvalue weighted by Crippen LogP contribution is 2.28. The molecule has 0 spiro atoms. The molecular weight excluding hydrogens is 375 g/mol. The quantitative estimate of drug-likeness (QED) is 0.423. The van der Waals surface area contributed by atoms with Gasteiger partial charge in [-0.3, -0.25) is 9.59 Å². The van der Waals surface area contributed by atoms with Crippen molar-refractivity contribution in [2.45, 2.75) is 19.8 Å². The van der Waals surface area contributed by atoms with Crippen molar-refractivity contribution in [2.24, 2.45) is 0 Å². The van der Waals surface area contributed by atoms with Gasteiger partial charge in [0.1, 0.15) is 5.75 Å². The number of hydrogen-bond acceptors (Lipinski definition) is 5. The predicted molar refractivity (Wildman–Crippen MR) is 81.7 cm³/mol. The number of carbonyl (C=O) groups excluding carboxylic acids is 2. The zero-order chi connectivity index (χ0) is 15.1. The number of carbonyl (C=O) groups is 2. The molecule has 0 aliphatic rings. The summed E-state index contributed by atoms with van der Waals surface area (Å²) in [6, 6.07) is 5.19. The number of ether oxygens (including phenoxy) is 3.